The molecule has 2 heterocycles. The molecule has 2 saturated heterocycles. The zero-order valence-electron chi connectivity index (χ0n) is 11.5. The molecule has 0 aliphatic carbocycles. The van der Waals surface area contributed by atoms with Crippen molar-refractivity contribution in [3.63, 3.8) is 0 Å². The van der Waals surface area contributed by atoms with Gasteiger partial charge in [0.1, 0.15) is 5.75 Å². The Morgan fingerprint density at radius 3 is 2.60 bits per heavy atom. The number of phenolic OH excluding ortho intramolecular Hbond substituents is 1. The fourth-order valence-electron chi connectivity index (χ4n) is 3.35. The molecule has 3 rings (SSSR count). The number of nitrogens with zero attached hydrogens (tertiary/aromatic N) is 1. The summed E-state index contributed by atoms with van der Waals surface area (Å²) in [6.45, 7) is 0. The first-order valence-corrected chi connectivity index (χ1v) is 7.44. The van der Waals surface area contributed by atoms with Gasteiger partial charge in [0, 0.05) is 30.7 Å². The summed E-state index contributed by atoms with van der Waals surface area (Å²) in [5.41, 5.74) is 0.529. The lowest BCUT2D eigenvalue weighted by Crippen LogP contribution is -2.48. The Hall–Kier alpha value is -1.26. The van der Waals surface area contributed by atoms with Gasteiger partial charge in [-0.05, 0) is 43.9 Å². The number of phenols is 1. The molecule has 0 saturated carbocycles. The summed E-state index contributed by atoms with van der Waals surface area (Å²) in [7, 11) is 1.86. The van der Waals surface area contributed by atoms with Gasteiger partial charge in [0.15, 0.2) is 0 Å². The SMILES string of the molecule is CN(C(=O)c1ccc(O)c(Cl)c1)C1CC2CCC(C1)N2. The third-order valence-electron chi connectivity index (χ3n) is 4.51. The number of rotatable bonds is 2. The number of hydrogen-bond donors (Lipinski definition) is 2. The normalized spacial score (nSPS) is 28.4. The minimum absolute atomic E-state index is 0.00535. The monoisotopic (exact) mass is 294 g/mol. The quantitative estimate of drug-likeness (QED) is 0.881. The van der Waals surface area contributed by atoms with Crippen LogP contribution in [-0.2, 0) is 0 Å². The maximum atomic E-state index is 12.5. The number of amides is 1. The van der Waals surface area contributed by atoms with Crippen molar-refractivity contribution in [3.8, 4) is 5.75 Å². The second-order valence-electron chi connectivity index (χ2n) is 5.85. The third kappa shape index (κ3) is 2.50. The maximum Gasteiger partial charge on any atom is 0.253 e. The van der Waals surface area contributed by atoms with Crippen LogP contribution in [0.15, 0.2) is 18.2 Å². The number of fused-ring (bicyclic) bond motifs is 2. The van der Waals surface area contributed by atoms with Crippen LogP contribution in [0.1, 0.15) is 36.0 Å². The van der Waals surface area contributed by atoms with Gasteiger partial charge in [-0.3, -0.25) is 4.79 Å². The minimum atomic E-state index is -0.0294. The van der Waals surface area contributed by atoms with E-state index in [-0.39, 0.29) is 22.7 Å². The lowest BCUT2D eigenvalue weighted by atomic mass is 9.98. The Bertz CT molecular complexity index is 523. The van der Waals surface area contributed by atoms with Crippen molar-refractivity contribution in [1.82, 2.24) is 10.2 Å². The van der Waals surface area contributed by atoms with E-state index in [0.717, 1.165) is 12.8 Å². The van der Waals surface area contributed by atoms with E-state index in [0.29, 0.717) is 17.6 Å². The Balaban J connectivity index is 1.74. The summed E-state index contributed by atoms with van der Waals surface area (Å²) < 4.78 is 0. The Labute approximate surface area is 123 Å². The maximum absolute atomic E-state index is 12.5. The summed E-state index contributed by atoms with van der Waals surface area (Å²) in [6.07, 6.45) is 4.47. The van der Waals surface area contributed by atoms with Crippen LogP contribution in [-0.4, -0.2) is 41.1 Å². The molecule has 0 radical (unpaired) electrons. The van der Waals surface area contributed by atoms with Gasteiger partial charge in [0.05, 0.1) is 5.02 Å². The van der Waals surface area contributed by atoms with Gasteiger partial charge in [0.25, 0.3) is 5.91 Å². The number of aromatic hydroxyl groups is 1. The van der Waals surface area contributed by atoms with Crippen LogP contribution in [0.25, 0.3) is 0 Å². The van der Waals surface area contributed by atoms with Crippen molar-refractivity contribution < 1.29 is 9.90 Å². The number of halogens is 1. The van der Waals surface area contributed by atoms with E-state index in [9.17, 15) is 9.90 Å². The second kappa shape index (κ2) is 5.26. The number of carbonyl (C=O) groups is 1. The van der Waals surface area contributed by atoms with E-state index in [2.05, 4.69) is 5.32 Å². The molecule has 0 spiro atoms. The van der Waals surface area contributed by atoms with Crippen LogP contribution >= 0.6 is 11.6 Å². The lowest BCUT2D eigenvalue weighted by Gasteiger charge is -2.35. The van der Waals surface area contributed by atoms with Crippen molar-refractivity contribution in [2.75, 3.05) is 7.05 Å². The second-order valence-corrected chi connectivity index (χ2v) is 6.25. The van der Waals surface area contributed by atoms with Crippen LogP contribution in [0, 0.1) is 0 Å². The number of benzene rings is 1. The van der Waals surface area contributed by atoms with Gasteiger partial charge in [-0.15, -0.1) is 0 Å². The molecule has 108 valence electrons. The van der Waals surface area contributed by atoms with Crippen molar-refractivity contribution >= 4 is 17.5 Å². The van der Waals surface area contributed by atoms with Gasteiger partial charge in [-0.1, -0.05) is 11.6 Å². The van der Waals surface area contributed by atoms with E-state index in [4.69, 9.17) is 11.6 Å². The summed E-state index contributed by atoms with van der Waals surface area (Å²) in [4.78, 5) is 14.3. The highest BCUT2D eigenvalue weighted by Gasteiger charge is 2.36. The van der Waals surface area contributed by atoms with Crippen LogP contribution in [0.2, 0.25) is 5.02 Å². The average Bonchev–Trinajstić information content (AvgIpc) is 2.79. The fourth-order valence-corrected chi connectivity index (χ4v) is 3.53. The van der Waals surface area contributed by atoms with Crippen LogP contribution in [0.3, 0.4) is 0 Å². The fraction of sp³-hybridized carbons (Fsp3) is 0.533. The van der Waals surface area contributed by atoms with Crippen molar-refractivity contribution in [1.29, 1.82) is 0 Å². The predicted molar refractivity (Wildman–Crippen MR) is 78.2 cm³/mol. The molecule has 1 amide bonds. The predicted octanol–water partition coefficient (Wildman–Crippen LogP) is 2.40. The number of carbonyl (C=O) groups excluding carboxylic acids is 1. The van der Waals surface area contributed by atoms with Gasteiger partial charge < -0.3 is 15.3 Å². The Morgan fingerprint density at radius 1 is 1.35 bits per heavy atom. The standard InChI is InChI=1S/C15H19ClN2O2/c1-18(12-7-10-3-4-11(8-12)17-10)15(20)9-2-5-14(19)13(16)6-9/h2,5-6,10-12,17,19H,3-4,7-8H2,1H3. The zero-order valence-corrected chi connectivity index (χ0v) is 12.2. The van der Waals surface area contributed by atoms with Crippen LogP contribution in [0.5, 0.6) is 5.75 Å². The molecule has 4 nitrogen and oxygen atoms in total. The summed E-state index contributed by atoms with van der Waals surface area (Å²) in [6, 6.07) is 6.01. The topological polar surface area (TPSA) is 52.6 Å². The molecule has 5 heteroatoms. The minimum Gasteiger partial charge on any atom is -0.506 e. The first kappa shape index (κ1) is 13.7. The van der Waals surface area contributed by atoms with E-state index >= 15 is 0 Å². The smallest absolute Gasteiger partial charge is 0.253 e. The molecular weight excluding hydrogens is 276 g/mol. The molecule has 2 aliphatic rings. The highest BCUT2D eigenvalue weighted by Crippen LogP contribution is 2.30. The molecule has 2 N–H and O–H groups in total. The number of hydrogen-bond acceptors (Lipinski definition) is 3. The summed E-state index contributed by atoms with van der Waals surface area (Å²) in [5.74, 6) is -0.0241. The molecule has 2 aliphatic heterocycles. The highest BCUT2D eigenvalue weighted by atomic mass is 35.5. The highest BCUT2D eigenvalue weighted by molar-refractivity contribution is 6.32. The molecule has 2 unspecified atom stereocenters. The van der Waals surface area contributed by atoms with Crippen LogP contribution in [0.4, 0.5) is 0 Å². The first-order valence-electron chi connectivity index (χ1n) is 7.06. The molecule has 1 aromatic rings. The van der Waals surface area contributed by atoms with Gasteiger partial charge in [-0.25, -0.2) is 0 Å². The molecule has 2 atom stereocenters. The molecule has 1 aromatic carbocycles. The van der Waals surface area contributed by atoms with E-state index in [1.54, 1.807) is 6.07 Å². The Morgan fingerprint density at radius 2 is 2.00 bits per heavy atom. The van der Waals surface area contributed by atoms with E-state index in [1.165, 1.54) is 25.0 Å². The van der Waals surface area contributed by atoms with Gasteiger partial charge in [-0.2, -0.15) is 0 Å². The van der Waals surface area contributed by atoms with Crippen molar-refractivity contribution in [3.05, 3.63) is 28.8 Å². The zero-order chi connectivity index (χ0) is 14.3. The average molecular weight is 295 g/mol. The van der Waals surface area contributed by atoms with Crippen LogP contribution < -0.4 is 5.32 Å². The largest absolute Gasteiger partial charge is 0.506 e. The lowest BCUT2D eigenvalue weighted by molar-refractivity contribution is 0.0681. The summed E-state index contributed by atoms with van der Waals surface area (Å²) >= 11 is 5.87. The number of nitrogens with one attached hydrogen (secondary N) is 1. The Kier molecular flexibility index (Phi) is 3.61. The molecule has 2 bridgehead atoms. The molecule has 0 aromatic heterocycles. The van der Waals surface area contributed by atoms with Crippen molar-refractivity contribution in [2.45, 2.75) is 43.8 Å². The van der Waals surface area contributed by atoms with Gasteiger partial charge >= 0.3 is 0 Å². The molecule has 20 heavy (non-hydrogen) atoms. The van der Waals surface area contributed by atoms with E-state index in [1.807, 2.05) is 11.9 Å². The molecular formula is C15H19ClN2O2. The van der Waals surface area contributed by atoms with E-state index < -0.39 is 0 Å². The first-order chi connectivity index (χ1) is 9.54. The molecule has 2 fully saturated rings. The number of piperidine rings is 1. The summed E-state index contributed by atoms with van der Waals surface area (Å²) in [5, 5.41) is 13.2. The third-order valence-corrected chi connectivity index (χ3v) is 4.81. The van der Waals surface area contributed by atoms with Gasteiger partial charge in [0.2, 0.25) is 0 Å². The van der Waals surface area contributed by atoms with Crippen molar-refractivity contribution in [2.24, 2.45) is 0 Å².